The van der Waals surface area contributed by atoms with Gasteiger partial charge in [-0.2, -0.15) is 0 Å². The third kappa shape index (κ3) is 4.59. The van der Waals surface area contributed by atoms with E-state index in [1.54, 1.807) is 0 Å². The van der Waals surface area contributed by atoms with E-state index in [0.717, 1.165) is 0 Å². The predicted molar refractivity (Wildman–Crippen MR) is 75.4 cm³/mol. The van der Waals surface area contributed by atoms with Gasteiger partial charge in [0.25, 0.3) is 0 Å². The van der Waals surface area contributed by atoms with Crippen molar-refractivity contribution in [3.05, 3.63) is 26.6 Å². The fraction of sp³-hybridized carbons (Fsp3) is 0.417. The van der Waals surface area contributed by atoms with Crippen LogP contribution in [0.15, 0.2) is 21.1 Å². The number of hydrogen-bond donors (Lipinski definition) is 1. The summed E-state index contributed by atoms with van der Waals surface area (Å²) in [5, 5.41) is 8.90. The third-order valence-electron chi connectivity index (χ3n) is 2.03. The van der Waals surface area contributed by atoms with Crippen LogP contribution in [0.5, 0.6) is 5.75 Å². The van der Waals surface area contributed by atoms with E-state index in [9.17, 15) is 4.79 Å². The molecule has 0 heterocycles. The molecule has 0 unspecified atom stereocenters. The smallest absolute Gasteiger partial charge is 0.335 e. The Morgan fingerprint density at radius 3 is 2.28 bits per heavy atom. The van der Waals surface area contributed by atoms with E-state index in [1.165, 1.54) is 12.1 Å². The molecular formula is C12H14Br2O4. The van der Waals surface area contributed by atoms with Crippen molar-refractivity contribution >= 4 is 37.8 Å². The summed E-state index contributed by atoms with van der Waals surface area (Å²) in [6, 6.07) is 3.01. The lowest BCUT2D eigenvalue weighted by atomic mass is 10.2. The Kier molecular flexibility index (Phi) is 6.11. The van der Waals surface area contributed by atoms with Crippen molar-refractivity contribution in [2.75, 3.05) is 13.2 Å². The molecule has 0 fully saturated rings. The van der Waals surface area contributed by atoms with Crippen LogP contribution in [0.4, 0.5) is 0 Å². The van der Waals surface area contributed by atoms with Gasteiger partial charge in [0.15, 0.2) is 0 Å². The summed E-state index contributed by atoms with van der Waals surface area (Å²) in [4.78, 5) is 10.8. The molecule has 0 saturated heterocycles. The fourth-order valence-electron chi connectivity index (χ4n) is 1.25. The number of rotatable bonds is 6. The maximum absolute atomic E-state index is 10.8. The average Bonchev–Trinajstić information content (AvgIpc) is 2.26. The Labute approximate surface area is 123 Å². The number of carboxylic acids is 1. The summed E-state index contributed by atoms with van der Waals surface area (Å²) in [6.45, 7) is 4.79. The summed E-state index contributed by atoms with van der Waals surface area (Å²) in [7, 11) is 0. The van der Waals surface area contributed by atoms with Crippen molar-refractivity contribution in [3.8, 4) is 5.75 Å². The zero-order chi connectivity index (χ0) is 13.7. The molecule has 1 rings (SSSR count). The first-order chi connectivity index (χ1) is 8.41. The van der Waals surface area contributed by atoms with Crippen molar-refractivity contribution < 1.29 is 19.4 Å². The first-order valence-corrected chi connectivity index (χ1v) is 6.97. The lowest BCUT2D eigenvalue weighted by molar-refractivity contribution is 0.0549. The molecule has 18 heavy (non-hydrogen) atoms. The van der Waals surface area contributed by atoms with Gasteiger partial charge in [0.2, 0.25) is 0 Å². The number of carboxylic acid groups (broad SMARTS) is 1. The van der Waals surface area contributed by atoms with Crippen molar-refractivity contribution in [2.24, 2.45) is 0 Å². The zero-order valence-electron chi connectivity index (χ0n) is 10.1. The van der Waals surface area contributed by atoms with Gasteiger partial charge < -0.3 is 14.6 Å². The average molecular weight is 382 g/mol. The SMILES string of the molecule is CC(C)OCCOc1c(Br)cc(C(=O)O)cc1Br. The van der Waals surface area contributed by atoms with Gasteiger partial charge in [0.05, 0.1) is 27.2 Å². The van der Waals surface area contributed by atoms with E-state index in [4.69, 9.17) is 14.6 Å². The molecule has 0 aromatic heterocycles. The van der Waals surface area contributed by atoms with E-state index in [-0.39, 0.29) is 11.7 Å². The maximum Gasteiger partial charge on any atom is 0.335 e. The summed E-state index contributed by atoms with van der Waals surface area (Å²) >= 11 is 6.58. The monoisotopic (exact) mass is 380 g/mol. The first-order valence-electron chi connectivity index (χ1n) is 5.38. The molecule has 1 aromatic carbocycles. The van der Waals surface area contributed by atoms with Gasteiger partial charge in [0, 0.05) is 0 Å². The van der Waals surface area contributed by atoms with Gasteiger partial charge in [0.1, 0.15) is 12.4 Å². The fourth-order valence-corrected chi connectivity index (χ4v) is 2.66. The van der Waals surface area contributed by atoms with Gasteiger partial charge in [-0.25, -0.2) is 4.79 Å². The molecule has 0 aliphatic heterocycles. The summed E-state index contributed by atoms with van der Waals surface area (Å²) in [6.07, 6.45) is 0.162. The molecule has 6 heteroatoms. The Bertz CT molecular complexity index is 409. The third-order valence-corrected chi connectivity index (χ3v) is 3.20. The quantitative estimate of drug-likeness (QED) is 0.763. The van der Waals surface area contributed by atoms with Crippen LogP contribution in [0.25, 0.3) is 0 Å². The molecule has 0 bridgehead atoms. The van der Waals surface area contributed by atoms with Gasteiger partial charge in [-0.3, -0.25) is 0 Å². The van der Waals surface area contributed by atoms with Gasteiger partial charge in [-0.15, -0.1) is 0 Å². The van der Waals surface area contributed by atoms with Crippen LogP contribution < -0.4 is 4.74 Å². The topological polar surface area (TPSA) is 55.8 Å². The Morgan fingerprint density at radius 1 is 1.28 bits per heavy atom. The highest BCUT2D eigenvalue weighted by Gasteiger charge is 2.12. The van der Waals surface area contributed by atoms with Gasteiger partial charge in [-0.05, 0) is 57.8 Å². The largest absolute Gasteiger partial charge is 0.489 e. The predicted octanol–water partition coefficient (Wildman–Crippen LogP) is 3.71. The highest BCUT2D eigenvalue weighted by molar-refractivity contribution is 9.11. The number of carbonyl (C=O) groups is 1. The molecule has 0 aliphatic carbocycles. The molecule has 0 atom stereocenters. The van der Waals surface area contributed by atoms with Crippen LogP contribution >= 0.6 is 31.9 Å². The molecule has 0 saturated carbocycles. The minimum absolute atomic E-state index is 0.162. The molecule has 0 amide bonds. The Balaban J connectivity index is 2.69. The van der Waals surface area contributed by atoms with E-state index in [0.29, 0.717) is 27.9 Å². The highest BCUT2D eigenvalue weighted by Crippen LogP contribution is 2.34. The number of aromatic carboxylic acids is 1. The van der Waals surface area contributed by atoms with Crippen molar-refractivity contribution in [1.82, 2.24) is 0 Å². The second-order valence-electron chi connectivity index (χ2n) is 3.84. The summed E-state index contributed by atoms with van der Waals surface area (Å²) in [5.74, 6) is -0.404. The van der Waals surface area contributed by atoms with Crippen LogP contribution in [0.1, 0.15) is 24.2 Å². The normalized spacial score (nSPS) is 10.7. The molecule has 4 nitrogen and oxygen atoms in total. The van der Waals surface area contributed by atoms with Gasteiger partial charge in [-0.1, -0.05) is 0 Å². The standard InChI is InChI=1S/C12H14Br2O4/c1-7(2)17-3-4-18-11-9(13)5-8(12(15)16)6-10(11)14/h5-7H,3-4H2,1-2H3,(H,15,16). The van der Waals surface area contributed by atoms with E-state index >= 15 is 0 Å². The number of benzene rings is 1. The van der Waals surface area contributed by atoms with Crippen LogP contribution in [0.2, 0.25) is 0 Å². The van der Waals surface area contributed by atoms with Crippen molar-refractivity contribution in [1.29, 1.82) is 0 Å². The molecule has 0 radical (unpaired) electrons. The lowest BCUT2D eigenvalue weighted by Gasteiger charge is -2.12. The first kappa shape index (κ1) is 15.5. The Morgan fingerprint density at radius 2 is 1.83 bits per heavy atom. The van der Waals surface area contributed by atoms with Crippen molar-refractivity contribution in [3.63, 3.8) is 0 Å². The second-order valence-corrected chi connectivity index (χ2v) is 5.55. The van der Waals surface area contributed by atoms with Crippen LogP contribution in [0, 0.1) is 0 Å². The van der Waals surface area contributed by atoms with Crippen LogP contribution in [-0.2, 0) is 4.74 Å². The van der Waals surface area contributed by atoms with Crippen LogP contribution in [0.3, 0.4) is 0 Å². The van der Waals surface area contributed by atoms with E-state index in [2.05, 4.69) is 31.9 Å². The lowest BCUT2D eigenvalue weighted by Crippen LogP contribution is -2.11. The molecule has 0 aliphatic rings. The molecule has 100 valence electrons. The Hall–Kier alpha value is -0.590. The summed E-state index contributed by atoms with van der Waals surface area (Å²) < 4.78 is 12.1. The zero-order valence-corrected chi connectivity index (χ0v) is 13.2. The second kappa shape index (κ2) is 7.11. The number of ether oxygens (including phenoxy) is 2. The van der Waals surface area contributed by atoms with Crippen LogP contribution in [-0.4, -0.2) is 30.4 Å². The molecular weight excluding hydrogens is 368 g/mol. The molecule has 1 N–H and O–H groups in total. The maximum atomic E-state index is 10.8. The summed E-state index contributed by atoms with van der Waals surface area (Å²) in [5.41, 5.74) is 0.194. The van der Waals surface area contributed by atoms with E-state index < -0.39 is 5.97 Å². The van der Waals surface area contributed by atoms with Gasteiger partial charge >= 0.3 is 5.97 Å². The number of halogens is 2. The van der Waals surface area contributed by atoms with Crippen molar-refractivity contribution in [2.45, 2.75) is 20.0 Å². The minimum Gasteiger partial charge on any atom is -0.489 e. The van der Waals surface area contributed by atoms with E-state index in [1.807, 2.05) is 13.8 Å². The number of hydrogen-bond acceptors (Lipinski definition) is 3. The molecule has 1 aromatic rings. The molecule has 0 spiro atoms. The minimum atomic E-state index is -0.980. The highest BCUT2D eigenvalue weighted by atomic mass is 79.9.